The molecule has 0 aromatic heterocycles. The summed E-state index contributed by atoms with van der Waals surface area (Å²) in [5.41, 5.74) is 2.31. The van der Waals surface area contributed by atoms with E-state index in [0.29, 0.717) is 23.0 Å². The molecule has 1 fully saturated rings. The lowest BCUT2D eigenvalue weighted by Gasteiger charge is -2.25. The second-order valence-corrected chi connectivity index (χ2v) is 7.27. The molecule has 0 saturated carbocycles. The first-order valence-electron chi connectivity index (χ1n) is 9.26. The number of anilines is 2. The highest BCUT2D eigenvalue weighted by Gasteiger charge is 2.23. The number of nitrogens with one attached hydrogen (secondary N) is 2. The van der Waals surface area contributed by atoms with E-state index in [1.807, 2.05) is 31.2 Å². The number of nitrogens with zero attached hydrogens (tertiary/aromatic N) is 1. The number of carbonyl (C=O) groups excluding carboxylic acids is 2. The molecule has 1 saturated heterocycles. The number of benzene rings is 2. The second kappa shape index (κ2) is 9.08. The van der Waals surface area contributed by atoms with E-state index in [9.17, 15) is 9.59 Å². The van der Waals surface area contributed by atoms with Crippen LogP contribution in [-0.4, -0.2) is 36.6 Å². The van der Waals surface area contributed by atoms with Crippen molar-refractivity contribution in [3.8, 4) is 0 Å². The van der Waals surface area contributed by atoms with Gasteiger partial charge in [-0.05, 0) is 61.7 Å². The van der Waals surface area contributed by atoms with Gasteiger partial charge in [-0.1, -0.05) is 23.7 Å². The Bertz CT molecular complexity index is 818. The minimum Gasteiger partial charge on any atom is -0.368 e. The number of rotatable bonds is 5. The van der Waals surface area contributed by atoms with Crippen LogP contribution in [0.2, 0.25) is 5.02 Å². The fourth-order valence-electron chi connectivity index (χ4n) is 3.00. The van der Waals surface area contributed by atoms with E-state index in [2.05, 4.69) is 10.6 Å². The van der Waals surface area contributed by atoms with Crippen LogP contribution in [0.25, 0.3) is 0 Å². The quantitative estimate of drug-likeness (QED) is 0.763. The Labute approximate surface area is 169 Å². The van der Waals surface area contributed by atoms with Crippen LogP contribution in [0, 0.1) is 0 Å². The summed E-state index contributed by atoms with van der Waals surface area (Å²) >= 11 is 5.92. The topological polar surface area (TPSA) is 70.7 Å². The molecule has 0 unspecified atom stereocenters. The second-order valence-electron chi connectivity index (χ2n) is 6.84. The van der Waals surface area contributed by atoms with Crippen molar-refractivity contribution in [2.75, 3.05) is 24.3 Å². The maximum absolute atomic E-state index is 12.5. The first-order chi connectivity index (χ1) is 13.4. The van der Waals surface area contributed by atoms with Crippen LogP contribution in [0.3, 0.4) is 0 Å². The summed E-state index contributed by atoms with van der Waals surface area (Å²) < 4.78 is 5.37. The van der Waals surface area contributed by atoms with Gasteiger partial charge in [0.05, 0.1) is 6.04 Å². The molecule has 0 radical (unpaired) electrons. The molecule has 148 valence electrons. The maximum atomic E-state index is 12.5. The van der Waals surface area contributed by atoms with Gasteiger partial charge in [0.2, 0.25) is 0 Å². The van der Waals surface area contributed by atoms with E-state index in [1.54, 1.807) is 36.2 Å². The van der Waals surface area contributed by atoms with Crippen molar-refractivity contribution in [2.24, 2.45) is 0 Å². The Kier molecular flexibility index (Phi) is 6.54. The zero-order valence-electron chi connectivity index (χ0n) is 15.9. The number of amides is 3. The average molecular weight is 402 g/mol. The van der Waals surface area contributed by atoms with Crippen molar-refractivity contribution in [1.82, 2.24) is 4.90 Å². The van der Waals surface area contributed by atoms with Gasteiger partial charge in [-0.15, -0.1) is 0 Å². The van der Waals surface area contributed by atoms with E-state index in [0.717, 1.165) is 18.4 Å². The molecule has 3 amide bonds. The molecule has 1 aliphatic rings. The third-order valence-electron chi connectivity index (χ3n) is 4.88. The molecule has 0 spiro atoms. The van der Waals surface area contributed by atoms with Crippen LogP contribution in [-0.2, 0) is 9.53 Å². The van der Waals surface area contributed by atoms with Crippen LogP contribution < -0.4 is 10.6 Å². The van der Waals surface area contributed by atoms with Gasteiger partial charge in [0, 0.05) is 30.1 Å². The smallest absolute Gasteiger partial charge is 0.322 e. The number of carbonyl (C=O) groups is 2. The number of urea groups is 1. The van der Waals surface area contributed by atoms with Gasteiger partial charge in [0.15, 0.2) is 0 Å². The third-order valence-corrected chi connectivity index (χ3v) is 5.13. The molecule has 2 aromatic rings. The molecular formula is C21H24ClN3O3. The summed E-state index contributed by atoms with van der Waals surface area (Å²) in [4.78, 5) is 26.2. The summed E-state index contributed by atoms with van der Waals surface area (Å²) in [6, 6.07) is 14.1. The Morgan fingerprint density at radius 3 is 2.25 bits per heavy atom. The van der Waals surface area contributed by atoms with Crippen LogP contribution >= 0.6 is 11.6 Å². The van der Waals surface area contributed by atoms with Gasteiger partial charge in [0.25, 0.3) is 5.91 Å². The van der Waals surface area contributed by atoms with Crippen molar-refractivity contribution in [1.29, 1.82) is 0 Å². The number of ether oxygens (including phenoxy) is 1. The lowest BCUT2D eigenvalue weighted by atomic mass is 10.1. The first kappa shape index (κ1) is 20.2. The van der Waals surface area contributed by atoms with Crippen molar-refractivity contribution in [3.05, 3.63) is 59.1 Å². The van der Waals surface area contributed by atoms with E-state index in [-0.39, 0.29) is 24.1 Å². The Morgan fingerprint density at radius 1 is 1.07 bits per heavy atom. The minimum atomic E-state index is -0.373. The zero-order valence-corrected chi connectivity index (χ0v) is 16.7. The van der Waals surface area contributed by atoms with Crippen molar-refractivity contribution in [2.45, 2.75) is 31.9 Å². The Balaban J connectivity index is 1.56. The van der Waals surface area contributed by atoms with E-state index < -0.39 is 0 Å². The summed E-state index contributed by atoms with van der Waals surface area (Å²) in [7, 11) is 1.74. The third kappa shape index (κ3) is 5.03. The number of hydrogen-bond donors (Lipinski definition) is 2. The molecule has 2 atom stereocenters. The van der Waals surface area contributed by atoms with E-state index in [4.69, 9.17) is 16.3 Å². The molecule has 0 aliphatic carbocycles. The molecule has 28 heavy (non-hydrogen) atoms. The van der Waals surface area contributed by atoms with E-state index >= 15 is 0 Å². The fourth-order valence-corrected chi connectivity index (χ4v) is 3.12. The first-order valence-corrected chi connectivity index (χ1v) is 9.63. The lowest BCUT2D eigenvalue weighted by molar-refractivity contribution is -0.124. The van der Waals surface area contributed by atoms with Gasteiger partial charge in [-0.3, -0.25) is 4.79 Å². The van der Waals surface area contributed by atoms with Crippen LogP contribution in [0.5, 0.6) is 0 Å². The molecule has 0 bridgehead atoms. The molecule has 2 N–H and O–H groups in total. The molecular weight excluding hydrogens is 378 g/mol. The van der Waals surface area contributed by atoms with E-state index in [1.165, 1.54) is 0 Å². The van der Waals surface area contributed by atoms with Gasteiger partial charge in [0.1, 0.15) is 6.10 Å². The largest absolute Gasteiger partial charge is 0.368 e. The minimum absolute atomic E-state index is 0.109. The van der Waals surface area contributed by atoms with Gasteiger partial charge >= 0.3 is 6.03 Å². The van der Waals surface area contributed by atoms with Crippen molar-refractivity contribution < 1.29 is 14.3 Å². The highest BCUT2D eigenvalue weighted by atomic mass is 35.5. The summed E-state index contributed by atoms with van der Waals surface area (Å²) in [6.07, 6.45) is 1.28. The van der Waals surface area contributed by atoms with Crippen molar-refractivity contribution in [3.63, 3.8) is 0 Å². The standard InChI is InChI=1S/C21H24ClN3O3/c1-14(15-5-7-16(22)8-6-15)25(2)21(27)24-18-11-9-17(10-12-18)23-20(26)19-4-3-13-28-19/h5-12,14,19H,3-4,13H2,1-2H3,(H,23,26)(H,24,27)/t14-,19-/m0/s1. The highest BCUT2D eigenvalue weighted by Crippen LogP contribution is 2.22. The molecule has 6 nitrogen and oxygen atoms in total. The molecule has 2 aromatic carbocycles. The predicted molar refractivity (Wildman–Crippen MR) is 111 cm³/mol. The number of hydrogen-bond acceptors (Lipinski definition) is 3. The Hall–Kier alpha value is -2.57. The molecule has 1 heterocycles. The van der Waals surface area contributed by atoms with Crippen molar-refractivity contribution >= 4 is 34.9 Å². The maximum Gasteiger partial charge on any atom is 0.322 e. The number of halogens is 1. The van der Waals surface area contributed by atoms with Gasteiger partial charge in [-0.2, -0.15) is 0 Å². The van der Waals surface area contributed by atoms with Crippen LogP contribution in [0.1, 0.15) is 31.4 Å². The Morgan fingerprint density at radius 2 is 1.68 bits per heavy atom. The predicted octanol–water partition coefficient (Wildman–Crippen LogP) is 4.68. The average Bonchev–Trinajstić information content (AvgIpc) is 3.24. The fraction of sp³-hybridized carbons (Fsp3) is 0.333. The van der Waals surface area contributed by atoms with Gasteiger partial charge in [-0.25, -0.2) is 4.79 Å². The molecule has 1 aliphatic heterocycles. The molecule has 3 rings (SSSR count). The summed E-state index contributed by atoms with van der Waals surface area (Å²) in [6.45, 7) is 2.58. The van der Waals surface area contributed by atoms with Gasteiger partial charge < -0.3 is 20.3 Å². The summed E-state index contributed by atoms with van der Waals surface area (Å²) in [5, 5.41) is 6.36. The normalized spacial score (nSPS) is 17.0. The van der Waals surface area contributed by atoms with Crippen LogP contribution in [0.4, 0.5) is 16.2 Å². The molecule has 7 heteroatoms. The summed E-state index contributed by atoms with van der Waals surface area (Å²) in [5.74, 6) is -0.134. The lowest BCUT2D eigenvalue weighted by Crippen LogP contribution is -2.33. The highest BCUT2D eigenvalue weighted by molar-refractivity contribution is 6.30. The monoisotopic (exact) mass is 401 g/mol. The zero-order chi connectivity index (χ0) is 20.1. The SMILES string of the molecule is C[C@@H](c1ccc(Cl)cc1)N(C)C(=O)Nc1ccc(NC(=O)[C@@H]2CCCO2)cc1. The van der Waals surface area contributed by atoms with Crippen LogP contribution in [0.15, 0.2) is 48.5 Å².